The number of halogens is 2. The molecule has 1 saturated heterocycles. The third-order valence-corrected chi connectivity index (χ3v) is 5.98. The molecule has 1 N–H and O–H groups in total. The van der Waals surface area contributed by atoms with Gasteiger partial charge in [-0.05, 0) is 44.4 Å². The Hall–Kier alpha value is -2.58. The summed E-state index contributed by atoms with van der Waals surface area (Å²) in [5, 5.41) is 3.57. The first-order valence-electron chi connectivity index (χ1n) is 10.4. The molecule has 0 radical (unpaired) electrons. The molecule has 3 aromatic rings. The second-order valence-electron chi connectivity index (χ2n) is 8.51. The van der Waals surface area contributed by atoms with E-state index in [0.717, 1.165) is 17.8 Å². The highest BCUT2D eigenvalue weighted by Gasteiger charge is 2.28. The van der Waals surface area contributed by atoms with Crippen molar-refractivity contribution in [3.05, 3.63) is 51.0 Å². The molecule has 4 heterocycles. The van der Waals surface area contributed by atoms with Gasteiger partial charge in [-0.2, -0.15) is 4.98 Å². The lowest BCUT2D eigenvalue weighted by Crippen LogP contribution is -2.55. The zero-order valence-corrected chi connectivity index (χ0v) is 19.0. The molecule has 0 spiro atoms. The quantitative estimate of drug-likeness (QED) is 0.622. The molecule has 3 aromatic heterocycles. The van der Waals surface area contributed by atoms with Gasteiger partial charge in [0, 0.05) is 31.4 Å². The lowest BCUT2D eigenvalue weighted by atomic mass is 10.0. The highest BCUT2D eigenvalue weighted by Crippen LogP contribution is 2.31. The predicted molar refractivity (Wildman–Crippen MR) is 121 cm³/mol. The van der Waals surface area contributed by atoms with Crippen LogP contribution in [0.25, 0.3) is 16.7 Å². The van der Waals surface area contributed by atoms with E-state index in [1.54, 1.807) is 6.20 Å². The highest BCUT2D eigenvalue weighted by atomic mass is 35.5. The topological polar surface area (TPSA) is 75.9 Å². The Morgan fingerprint density at radius 3 is 2.74 bits per heavy atom. The number of anilines is 1. The summed E-state index contributed by atoms with van der Waals surface area (Å²) in [6.45, 7) is 11.4. The summed E-state index contributed by atoms with van der Waals surface area (Å²) in [6.07, 6.45) is 1.72. The average molecular weight is 445 g/mol. The van der Waals surface area contributed by atoms with E-state index in [-0.39, 0.29) is 28.8 Å². The molecule has 0 unspecified atom stereocenters. The maximum absolute atomic E-state index is 14.5. The van der Waals surface area contributed by atoms with Gasteiger partial charge >= 0.3 is 5.69 Å². The van der Waals surface area contributed by atoms with Crippen LogP contribution in [-0.4, -0.2) is 44.7 Å². The van der Waals surface area contributed by atoms with Crippen molar-refractivity contribution in [1.29, 1.82) is 0 Å². The van der Waals surface area contributed by atoms with E-state index in [4.69, 9.17) is 11.6 Å². The summed E-state index contributed by atoms with van der Waals surface area (Å²) in [6, 6.07) is 3.43. The number of pyridine rings is 2. The van der Waals surface area contributed by atoms with Gasteiger partial charge in [0.1, 0.15) is 5.82 Å². The summed E-state index contributed by atoms with van der Waals surface area (Å²) in [4.78, 5) is 28.7. The van der Waals surface area contributed by atoms with Crippen molar-refractivity contribution in [2.45, 2.75) is 52.6 Å². The monoisotopic (exact) mass is 444 g/mol. The molecule has 164 valence electrons. The number of hydrogen-bond acceptors (Lipinski definition) is 6. The van der Waals surface area contributed by atoms with Crippen molar-refractivity contribution in [3.8, 4) is 5.69 Å². The van der Waals surface area contributed by atoms with Crippen LogP contribution in [0.2, 0.25) is 5.15 Å². The van der Waals surface area contributed by atoms with Crippen LogP contribution < -0.4 is 15.9 Å². The molecule has 4 rings (SSSR count). The first-order chi connectivity index (χ1) is 14.7. The lowest BCUT2D eigenvalue weighted by molar-refractivity contribution is 0.423. The van der Waals surface area contributed by atoms with Crippen LogP contribution in [0, 0.1) is 12.7 Å². The second-order valence-corrected chi connectivity index (χ2v) is 8.87. The Labute approximate surface area is 185 Å². The van der Waals surface area contributed by atoms with Gasteiger partial charge in [0.05, 0.1) is 16.8 Å². The summed E-state index contributed by atoms with van der Waals surface area (Å²) in [5.41, 5.74) is 1.99. The van der Waals surface area contributed by atoms with Crippen molar-refractivity contribution in [1.82, 2.24) is 24.8 Å². The van der Waals surface area contributed by atoms with Crippen molar-refractivity contribution in [2.75, 3.05) is 18.0 Å². The molecule has 9 heteroatoms. The van der Waals surface area contributed by atoms with Gasteiger partial charge in [0.15, 0.2) is 16.6 Å². The maximum atomic E-state index is 14.5. The van der Waals surface area contributed by atoms with Crippen molar-refractivity contribution < 1.29 is 4.39 Å². The fraction of sp³-hybridized carbons (Fsp3) is 0.455. The first-order valence-corrected chi connectivity index (χ1v) is 10.8. The Morgan fingerprint density at radius 2 is 2.03 bits per heavy atom. The zero-order chi connectivity index (χ0) is 22.4. The fourth-order valence-corrected chi connectivity index (χ4v) is 4.24. The molecule has 0 saturated carbocycles. The second kappa shape index (κ2) is 8.16. The molecule has 1 aliphatic rings. The molecule has 2 atom stereocenters. The molecule has 0 aliphatic carbocycles. The summed E-state index contributed by atoms with van der Waals surface area (Å²) >= 11 is 6.07. The SMILES string of the molecule is Cc1ccnc(C(C)C)c1-n1c(=O)nc(N2C[C@@H](C)NC[C@@H]2C)c2cc(F)c(Cl)nc21. The van der Waals surface area contributed by atoms with Gasteiger partial charge in [0.2, 0.25) is 0 Å². The molecule has 1 aliphatic heterocycles. The minimum absolute atomic E-state index is 0.0569. The van der Waals surface area contributed by atoms with E-state index < -0.39 is 11.5 Å². The maximum Gasteiger partial charge on any atom is 0.355 e. The molecule has 31 heavy (non-hydrogen) atoms. The Morgan fingerprint density at radius 1 is 1.29 bits per heavy atom. The minimum Gasteiger partial charge on any atom is -0.350 e. The van der Waals surface area contributed by atoms with Gasteiger partial charge in [0.25, 0.3) is 0 Å². The fourth-order valence-electron chi connectivity index (χ4n) is 4.11. The number of nitrogens with zero attached hydrogens (tertiary/aromatic N) is 5. The summed E-state index contributed by atoms with van der Waals surface area (Å²) < 4.78 is 16.0. The Balaban J connectivity index is 2.08. The molecular weight excluding hydrogens is 419 g/mol. The molecule has 1 fully saturated rings. The van der Waals surface area contributed by atoms with Crippen molar-refractivity contribution in [2.24, 2.45) is 0 Å². The molecule has 0 bridgehead atoms. The third-order valence-electron chi connectivity index (χ3n) is 5.72. The lowest BCUT2D eigenvalue weighted by Gasteiger charge is -2.38. The number of hydrogen-bond donors (Lipinski definition) is 1. The number of aryl methyl sites for hydroxylation is 1. The third kappa shape index (κ3) is 3.78. The van der Waals surface area contributed by atoms with Gasteiger partial charge in [-0.25, -0.2) is 18.7 Å². The number of nitrogens with one attached hydrogen (secondary N) is 1. The van der Waals surface area contributed by atoms with Crippen LogP contribution in [0.1, 0.15) is 44.9 Å². The average Bonchev–Trinajstić information content (AvgIpc) is 2.71. The number of fused-ring (bicyclic) bond motifs is 1. The van der Waals surface area contributed by atoms with E-state index in [0.29, 0.717) is 23.4 Å². The summed E-state index contributed by atoms with van der Waals surface area (Å²) in [7, 11) is 0. The number of aromatic nitrogens is 4. The highest BCUT2D eigenvalue weighted by molar-refractivity contribution is 6.30. The van der Waals surface area contributed by atoms with E-state index in [9.17, 15) is 9.18 Å². The van der Waals surface area contributed by atoms with Crippen molar-refractivity contribution in [3.63, 3.8) is 0 Å². The van der Waals surface area contributed by atoms with Crippen LogP contribution in [0.4, 0.5) is 10.2 Å². The standard InChI is InChI=1S/C22H26ClFN6O/c1-11(2)17-18(12(3)6-7-25-17)30-21-15(8-16(24)19(23)27-21)20(28-22(30)31)29-10-13(4)26-9-14(29)5/h6-8,11,13-14,26H,9-10H2,1-5H3/t13-,14+/m1/s1. The van der Waals surface area contributed by atoms with Crippen LogP contribution >= 0.6 is 11.6 Å². The van der Waals surface area contributed by atoms with Gasteiger partial charge in [-0.1, -0.05) is 25.4 Å². The summed E-state index contributed by atoms with van der Waals surface area (Å²) in [5.74, 6) is -0.167. The Kier molecular flexibility index (Phi) is 5.70. The first kappa shape index (κ1) is 21.6. The Bertz CT molecular complexity index is 1210. The number of rotatable bonds is 3. The van der Waals surface area contributed by atoms with E-state index in [1.807, 2.05) is 38.7 Å². The van der Waals surface area contributed by atoms with Crippen LogP contribution in [0.5, 0.6) is 0 Å². The van der Waals surface area contributed by atoms with E-state index >= 15 is 0 Å². The molecule has 0 aromatic carbocycles. The van der Waals surface area contributed by atoms with E-state index in [1.165, 1.54) is 10.6 Å². The normalized spacial score (nSPS) is 19.4. The van der Waals surface area contributed by atoms with Gasteiger partial charge < -0.3 is 10.2 Å². The largest absolute Gasteiger partial charge is 0.355 e. The van der Waals surface area contributed by atoms with Gasteiger partial charge in [-0.3, -0.25) is 4.98 Å². The van der Waals surface area contributed by atoms with Crippen molar-refractivity contribution >= 4 is 28.5 Å². The van der Waals surface area contributed by atoms with Crippen LogP contribution in [-0.2, 0) is 0 Å². The molecule has 0 amide bonds. The predicted octanol–water partition coefficient (Wildman–Crippen LogP) is 3.59. The smallest absolute Gasteiger partial charge is 0.350 e. The minimum atomic E-state index is -0.648. The van der Waals surface area contributed by atoms with Crippen LogP contribution in [0.3, 0.4) is 0 Å². The molecular formula is C22H26ClFN6O. The van der Waals surface area contributed by atoms with Gasteiger partial charge in [-0.15, -0.1) is 0 Å². The number of piperazine rings is 1. The van der Waals surface area contributed by atoms with E-state index in [2.05, 4.69) is 27.2 Å². The molecule has 7 nitrogen and oxygen atoms in total. The van der Waals surface area contributed by atoms with Crippen LogP contribution in [0.15, 0.2) is 23.1 Å². The zero-order valence-electron chi connectivity index (χ0n) is 18.3.